The van der Waals surface area contributed by atoms with Gasteiger partial charge in [0.15, 0.2) is 11.5 Å². The number of phenolic OH excluding ortho intramolecular Hbond substituents is 2. The fourth-order valence-electron chi connectivity index (χ4n) is 6.89. The molecule has 0 aliphatic carbocycles. The number of hydrogen-bond donors (Lipinski definition) is 10. The zero-order valence-electron chi connectivity index (χ0n) is 41.5. The normalized spacial score (nSPS) is 12.0. The Labute approximate surface area is 529 Å². The molecule has 0 aliphatic rings. The molecule has 0 amide bonds. The van der Waals surface area contributed by atoms with Gasteiger partial charge in [0.05, 0.1) is 33.1 Å². The number of carboxylic acid groups (broad SMARTS) is 3. The molecule has 0 aliphatic heterocycles. The number of rotatable bonds is 17. The minimum absolute atomic E-state index is 0. The molecule has 0 bridgehead atoms. The average Bonchev–Trinajstić information content (AvgIpc) is 3.33. The van der Waals surface area contributed by atoms with Crippen LogP contribution in [0.2, 0.25) is 0 Å². The molecule has 0 saturated carbocycles. The molecule has 25 nitrogen and oxygen atoms in total. The number of anilines is 2. The number of nitrogens with one attached hydrogen (secondary N) is 1. The van der Waals surface area contributed by atoms with Crippen LogP contribution in [0.15, 0.2) is 167 Å². The van der Waals surface area contributed by atoms with Gasteiger partial charge in [0.2, 0.25) is 22.0 Å². The number of Topliss-reactive ketones (excluding diaryl/α,β-unsaturated/α-hetero) is 1. The van der Waals surface area contributed by atoms with E-state index in [2.05, 4.69) is 41.0 Å². The predicted molar refractivity (Wildman–Crippen MR) is 286 cm³/mol. The van der Waals surface area contributed by atoms with Crippen LogP contribution in [0, 0.1) is 0 Å². The number of phenols is 3. The van der Waals surface area contributed by atoms with Gasteiger partial charge in [-0.1, -0.05) is 30.3 Å². The molecular formula is C47H35N9Na4O16S2. The van der Waals surface area contributed by atoms with Crippen LogP contribution in [-0.4, -0.2) is 211 Å². The van der Waals surface area contributed by atoms with E-state index >= 15 is 0 Å². The monoisotopic (exact) mass is 1140 g/mol. The second-order valence-corrected chi connectivity index (χ2v) is 18.4. The topological polar surface area (TPSA) is 423 Å². The van der Waals surface area contributed by atoms with Crippen LogP contribution in [0.1, 0.15) is 38.0 Å². The van der Waals surface area contributed by atoms with Crippen molar-refractivity contribution >= 4 is 224 Å². The van der Waals surface area contributed by atoms with E-state index in [1.54, 1.807) is 30.3 Å². The second-order valence-electron chi connectivity index (χ2n) is 15.5. The molecule has 380 valence electrons. The third kappa shape index (κ3) is 15.7. The number of aromatic hydroxyl groups is 3. The Kier molecular flexibility index (Phi) is 23.7. The number of aliphatic hydroxyl groups excluding tert-OH is 1. The SMILES string of the molecule is CC(=O)C(N=Nc1ccc(-c2ccc(N=Nc3c(S(=O)(=O)O)cc4c(N=Nc5cc(S(N)(=O)=O)ccc5O)c(Nc5ccccc5)ccc4c3O)c(C(=O)O)c2)cc1C(=O)O)C(O)=Nc1ccc(O)c(C(=O)O)c1.[Na].[Na].[Na].[Na]. The van der Waals surface area contributed by atoms with Crippen molar-refractivity contribution in [2.45, 2.75) is 22.8 Å². The molecule has 31 heteroatoms. The molecule has 0 aromatic heterocycles. The number of aliphatic hydroxyl groups is 1. The number of para-hydroxylation sites is 1. The van der Waals surface area contributed by atoms with Crippen LogP contribution in [0.25, 0.3) is 21.9 Å². The molecule has 7 aromatic rings. The van der Waals surface area contributed by atoms with E-state index in [9.17, 15) is 76.3 Å². The smallest absolute Gasteiger partial charge is 0.339 e. The first-order valence-electron chi connectivity index (χ1n) is 20.7. The number of nitrogens with two attached hydrogens (primary N) is 1. The predicted octanol–water partition coefficient (Wildman–Crippen LogP) is 7.99. The molecule has 1 atom stereocenters. The van der Waals surface area contributed by atoms with Crippen LogP contribution in [0.4, 0.5) is 45.5 Å². The van der Waals surface area contributed by atoms with Crippen molar-refractivity contribution in [1.29, 1.82) is 0 Å². The number of carbonyl (C=O) groups is 4. The summed E-state index contributed by atoms with van der Waals surface area (Å²) in [5.41, 5.74) is -3.23. The Balaban J connectivity index is 0.00000400. The number of hydrogen-bond acceptors (Lipinski definition) is 19. The van der Waals surface area contributed by atoms with Gasteiger partial charge in [0.1, 0.15) is 44.7 Å². The molecule has 11 N–H and O–H groups in total. The molecule has 1 unspecified atom stereocenters. The maximum absolute atomic E-state index is 13.0. The number of sulfonamides is 1. The van der Waals surface area contributed by atoms with Crippen molar-refractivity contribution in [2.75, 3.05) is 5.32 Å². The molecule has 78 heavy (non-hydrogen) atoms. The molecule has 4 radical (unpaired) electrons. The van der Waals surface area contributed by atoms with E-state index in [1.807, 2.05) is 0 Å². The summed E-state index contributed by atoms with van der Waals surface area (Å²) in [6.45, 7) is 1.02. The number of carbonyl (C=O) groups excluding carboxylic acids is 1. The minimum atomic E-state index is -5.32. The number of carboxylic acids is 3. The standard InChI is InChI=1S/C47H35N9O16S2.4Na/c1-22(57)40(44(61)50-26-9-15-37(58)32(19-26)47(66)67)54-51-33-12-7-23(17-30(33)45(62)63)24-8-13-34(31(18-24)46(64)65)52-56-42-39(74(70,71)72)21-29-28(43(42)60)11-14-35(49-25-5-3-2-4-6-25)41(29)55-53-36-20-27(73(48,68)69)10-16-38(36)59;;;;/h2-21,40,49,58-60H,1H3,(H,50,61)(H,62,63)(H,64,65)(H,66,67)(H2,48,68,69)(H,70,71,72);;;;. The van der Waals surface area contributed by atoms with E-state index in [-0.39, 0.29) is 169 Å². The van der Waals surface area contributed by atoms with Crippen molar-refractivity contribution in [3.05, 3.63) is 138 Å². The third-order valence-corrected chi connectivity index (χ3v) is 12.3. The molecule has 0 saturated heterocycles. The van der Waals surface area contributed by atoms with Crippen LogP contribution >= 0.6 is 0 Å². The largest absolute Gasteiger partial charge is 0.507 e. The van der Waals surface area contributed by atoms with Crippen molar-refractivity contribution < 1.29 is 76.3 Å². The van der Waals surface area contributed by atoms with Gasteiger partial charge in [0, 0.05) is 135 Å². The van der Waals surface area contributed by atoms with Gasteiger partial charge in [-0.15, -0.1) is 20.5 Å². The van der Waals surface area contributed by atoms with E-state index in [4.69, 9.17) is 5.14 Å². The number of aliphatic imine (C=N–C) groups is 1. The van der Waals surface area contributed by atoms with Crippen molar-refractivity contribution in [3.8, 4) is 28.4 Å². The Morgan fingerprint density at radius 3 is 1.67 bits per heavy atom. The van der Waals surface area contributed by atoms with Crippen molar-refractivity contribution in [1.82, 2.24) is 0 Å². The summed E-state index contributed by atoms with van der Waals surface area (Å²) in [7, 11) is -9.60. The summed E-state index contributed by atoms with van der Waals surface area (Å²) in [6, 6.07) is 23.3. The van der Waals surface area contributed by atoms with Crippen LogP contribution in [0.3, 0.4) is 0 Å². The fraction of sp³-hybridized carbons (Fsp3) is 0.0426. The zero-order valence-corrected chi connectivity index (χ0v) is 51.1. The van der Waals surface area contributed by atoms with Gasteiger partial charge >= 0.3 is 17.9 Å². The number of azo groups is 3. The second kappa shape index (κ2) is 27.9. The van der Waals surface area contributed by atoms with Crippen LogP contribution in [0.5, 0.6) is 17.2 Å². The molecule has 7 aromatic carbocycles. The maximum Gasteiger partial charge on any atom is 0.339 e. The first-order valence-corrected chi connectivity index (χ1v) is 23.7. The summed E-state index contributed by atoms with van der Waals surface area (Å²) >= 11 is 0. The summed E-state index contributed by atoms with van der Waals surface area (Å²) in [5, 5.41) is 104. The van der Waals surface area contributed by atoms with Gasteiger partial charge in [-0.25, -0.2) is 32.9 Å². The van der Waals surface area contributed by atoms with Gasteiger partial charge in [0.25, 0.3) is 10.1 Å². The molecule has 0 spiro atoms. The van der Waals surface area contributed by atoms with E-state index < -0.39 is 111 Å². The minimum Gasteiger partial charge on any atom is -0.507 e. The van der Waals surface area contributed by atoms with Gasteiger partial charge in [-0.3, -0.25) is 9.35 Å². The van der Waals surface area contributed by atoms with Gasteiger partial charge < -0.3 is 41.1 Å². The Hall–Kier alpha value is -5.83. The fourth-order valence-corrected chi connectivity index (χ4v) is 8.07. The number of primary sulfonamides is 1. The Morgan fingerprint density at radius 1 is 0.564 bits per heavy atom. The van der Waals surface area contributed by atoms with E-state index in [0.29, 0.717) is 5.69 Å². The average molecular weight is 1140 g/mol. The number of fused-ring (bicyclic) bond motifs is 1. The first kappa shape index (κ1) is 66.4. The van der Waals surface area contributed by atoms with Crippen LogP contribution < -0.4 is 10.5 Å². The number of benzene rings is 7. The molecule has 0 heterocycles. The third-order valence-electron chi connectivity index (χ3n) is 10.5. The summed E-state index contributed by atoms with van der Waals surface area (Å²) < 4.78 is 60.5. The van der Waals surface area contributed by atoms with Crippen LogP contribution in [-0.2, 0) is 24.9 Å². The number of aromatic carboxylic acids is 3. The summed E-state index contributed by atoms with van der Waals surface area (Å²) in [5.74, 6) is -8.43. The Bertz CT molecular complexity index is 3870. The maximum atomic E-state index is 13.0. The van der Waals surface area contributed by atoms with Crippen molar-refractivity contribution in [3.63, 3.8) is 0 Å². The van der Waals surface area contributed by atoms with Crippen molar-refractivity contribution in [2.24, 2.45) is 40.8 Å². The first-order chi connectivity index (χ1) is 34.9. The number of ketones is 1. The van der Waals surface area contributed by atoms with Gasteiger partial charge in [-0.2, -0.15) is 18.6 Å². The quantitative estimate of drug-likeness (QED) is 0.0136. The molecular weight excluding hydrogens is 1100 g/mol. The summed E-state index contributed by atoms with van der Waals surface area (Å²) in [4.78, 5) is 51.2. The Morgan fingerprint density at radius 2 is 1.12 bits per heavy atom. The molecule has 0 fully saturated rings. The van der Waals surface area contributed by atoms with Gasteiger partial charge in [-0.05, 0) is 109 Å². The van der Waals surface area contributed by atoms with E-state index in [1.165, 1.54) is 24.3 Å². The summed E-state index contributed by atoms with van der Waals surface area (Å²) in [6.07, 6.45) is 0. The van der Waals surface area contributed by atoms with E-state index in [0.717, 1.165) is 73.7 Å². The molecule has 7 rings (SSSR count). The zero-order chi connectivity index (χ0) is 53.8. The number of nitrogens with zero attached hydrogens (tertiary/aromatic N) is 7.